The van der Waals surface area contributed by atoms with Crippen molar-refractivity contribution in [3.63, 3.8) is 0 Å². The number of nitrogens with zero attached hydrogens (tertiary/aromatic N) is 4. The van der Waals surface area contributed by atoms with Crippen LogP contribution in [0, 0.1) is 25.2 Å². The van der Waals surface area contributed by atoms with Crippen LogP contribution >= 0.6 is 31.9 Å². The zero-order valence-corrected chi connectivity index (χ0v) is 49.0. The Morgan fingerprint density at radius 2 is 1.56 bits per heavy atom. The van der Waals surface area contributed by atoms with Crippen LogP contribution in [0.2, 0.25) is 0 Å². The minimum atomic E-state index is -4.63. The lowest BCUT2D eigenvalue weighted by Crippen LogP contribution is -2.45. The van der Waals surface area contributed by atoms with Crippen molar-refractivity contribution in [2.75, 3.05) is 70.0 Å². The number of anilines is 2. The molecule has 0 spiro atoms. The first-order valence-corrected chi connectivity index (χ1v) is 28.7. The van der Waals surface area contributed by atoms with Gasteiger partial charge < -0.3 is 58.9 Å². The number of aliphatic hydroxyl groups excluding tert-OH is 2. The number of carbonyl (C=O) groups excluding carboxylic acids is 6. The van der Waals surface area contributed by atoms with Gasteiger partial charge in [0.1, 0.15) is 27.3 Å². The molecule has 450 valence electrons. The van der Waals surface area contributed by atoms with E-state index in [0.29, 0.717) is 23.3 Å². The van der Waals surface area contributed by atoms with Crippen LogP contribution < -0.4 is 36.7 Å². The molecule has 3 heterocycles. The number of aliphatic hydroxyl groups is 2. The van der Waals surface area contributed by atoms with E-state index >= 15 is 0 Å². The minimum absolute atomic E-state index is 0. The molecule has 1 saturated carbocycles. The average molecular weight is 1310 g/mol. The van der Waals surface area contributed by atoms with Gasteiger partial charge in [-0.1, -0.05) is 47.7 Å². The Morgan fingerprint density at radius 1 is 0.915 bits per heavy atom. The van der Waals surface area contributed by atoms with E-state index in [4.69, 9.17) is 25.1 Å². The summed E-state index contributed by atoms with van der Waals surface area (Å²) in [6, 6.07) is 12.0. The van der Waals surface area contributed by atoms with Crippen LogP contribution in [0.4, 0.5) is 29.5 Å². The molecule has 0 radical (unpaired) electrons. The van der Waals surface area contributed by atoms with Crippen LogP contribution in [0.15, 0.2) is 75.8 Å². The number of ketones is 1. The molecule has 1 aliphatic carbocycles. The molecule has 4 aromatic rings. The number of carbonyl (C=O) groups is 6. The topological polar surface area (TPSA) is 339 Å². The number of alkyl halides is 3. The molecule has 2 aliphatic rings. The van der Waals surface area contributed by atoms with E-state index in [-0.39, 0.29) is 130 Å². The molecule has 24 nitrogen and oxygen atoms in total. The first-order chi connectivity index (χ1) is 38.3. The molecule has 0 saturated heterocycles. The summed E-state index contributed by atoms with van der Waals surface area (Å²) in [4.78, 5) is 77.4. The number of hydrogen-bond donors (Lipinski definition) is 8. The third kappa shape index (κ3) is 19.0. The Balaban J connectivity index is 0.0000123. The Hall–Kier alpha value is -5.96. The van der Waals surface area contributed by atoms with E-state index in [1.165, 1.54) is 16.6 Å². The smallest absolute Gasteiger partial charge is 0.390 e. The number of primary amides is 1. The lowest BCUT2D eigenvalue weighted by atomic mass is 9.89. The third-order valence-corrected chi connectivity index (χ3v) is 15.6. The van der Waals surface area contributed by atoms with Crippen molar-refractivity contribution in [1.29, 1.82) is 0 Å². The Bertz CT molecular complexity index is 3020. The second kappa shape index (κ2) is 30.5. The molecule has 30 heteroatoms. The summed E-state index contributed by atoms with van der Waals surface area (Å²) in [6.45, 7) is 4.36. The van der Waals surface area contributed by atoms with Crippen molar-refractivity contribution in [3.05, 3.63) is 94.4 Å². The number of halogens is 5. The zero-order valence-electron chi connectivity index (χ0n) is 45.0. The Morgan fingerprint density at radius 3 is 2.18 bits per heavy atom. The minimum Gasteiger partial charge on any atom is -0.390 e. The van der Waals surface area contributed by atoms with Gasteiger partial charge in [0.2, 0.25) is 17.6 Å². The van der Waals surface area contributed by atoms with E-state index in [1.54, 1.807) is 61.0 Å². The number of benzene rings is 2. The molecule has 1 fully saturated rings. The highest BCUT2D eigenvalue weighted by Crippen LogP contribution is 2.34. The SMILES string of the molecule is CC(C)[C@H](NC(=O)CCOCCOCCOCCN1C(=O)C(Br)=C(Br)C1=O)C(=O)C[C@@H](CCCNC(N)=O)C(=O)Nc1ccc(C[n+]2ccc(N[C@@H]3C[C@H](COS(N)(=O)=O)[C@@H](O)[C@H]3O)n3nc(-c4cccc(C(F)(F)F)c4)cc32)cc1.[CH3-]. The van der Waals surface area contributed by atoms with Gasteiger partial charge in [0.25, 0.3) is 11.8 Å². The molecule has 2 aromatic carbocycles. The van der Waals surface area contributed by atoms with Crippen molar-refractivity contribution in [1.82, 2.24) is 25.1 Å². The first-order valence-electron chi connectivity index (χ1n) is 25.6. The molecule has 0 bridgehead atoms. The monoisotopic (exact) mass is 1300 g/mol. The summed E-state index contributed by atoms with van der Waals surface area (Å²) in [5, 5.41) is 42.5. The van der Waals surface area contributed by atoms with Gasteiger partial charge in [-0.3, -0.25) is 33.1 Å². The second-order valence-corrected chi connectivity index (χ2v) is 22.3. The maximum atomic E-state index is 13.9. The van der Waals surface area contributed by atoms with Gasteiger partial charge in [0, 0.05) is 48.5 Å². The molecule has 6 amide bonds. The van der Waals surface area contributed by atoms with Crippen LogP contribution in [-0.4, -0.2) is 152 Å². The van der Waals surface area contributed by atoms with Crippen molar-refractivity contribution < 1.29 is 83.5 Å². The molecule has 82 heavy (non-hydrogen) atoms. The summed E-state index contributed by atoms with van der Waals surface area (Å²) in [6.07, 6.45) is -5.54. The normalized spacial score (nSPS) is 18.2. The number of Topliss-reactive ketones (excluding diaryl/α,β-unsaturated/α-hetero) is 1. The Kier molecular flexibility index (Phi) is 24.9. The number of ether oxygens (including phenoxy) is 3. The average Bonchev–Trinajstić information content (AvgIpc) is 4.28. The van der Waals surface area contributed by atoms with Crippen LogP contribution in [0.25, 0.3) is 16.9 Å². The number of aromatic nitrogens is 3. The fourth-order valence-electron chi connectivity index (χ4n) is 8.94. The maximum Gasteiger partial charge on any atom is 0.416 e. The number of fused-ring (bicyclic) bond motifs is 1. The van der Waals surface area contributed by atoms with Crippen LogP contribution in [0.5, 0.6) is 0 Å². The lowest BCUT2D eigenvalue weighted by molar-refractivity contribution is -0.665. The number of hydrogen-bond acceptors (Lipinski definition) is 16. The highest BCUT2D eigenvalue weighted by molar-refractivity contribution is 9.14. The Labute approximate surface area is 488 Å². The molecule has 1 aliphatic heterocycles. The van der Waals surface area contributed by atoms with Crippen molar-refractivity contribution in [2.45, 2.75) is 83.0 Å². The fraction of sp³-hybridized carbons (Fsp3) is 0.481. The van der Waals surface area contributed by atoms with Gasteiger partial charge in [-0.25, -0.2) is 14.5 Å². The number of amides is 6. The van der Waals surface area contributed by atoms with Crippen LogP contribution in [-0.2, 0) is 65.4 Å². The van der Waals surface area contributed by atoms with Crippen molar-refractivity contribution >= 4 is 94.8 Å². The van der Waals surface area contributed by atoms with Gasteiger partial charge in [-0.15, -0.1) is 0 Å². The number of imide groups is 1. The number of nitrogens with one attached hydrogen (secondary N) is 4. The predicted molar refractivity (Wildman–Crippen MR) is 298 cm³/mol. The van der Waals surface area contributed by atoms with Gasteiger partial charge >= 0.3 is 28.2 Å². The fourth-order valence-corrected chi connectivity index (χ4v) is 10.1. The van der Waals surface area contributed by atoms with E-state index in [1.807, 2.05) is 0 Å². The van der Waals surface area contributed by atoms with Gasteiger partial charge in [0.05, 0.1) is 88.8 Å². The molecule has 2 aromatic heterocycles. The van der Waals surface area contributed by atoms with Crippen molar-refractivity contribution in [2.24, 2.45) is 28.6 Å². The summed E-state index contributed by atoms with van der Waals surface area (Å²) in [5.74, 6) is -4.02. The number of urea groups is 1. The van der Waals surface area contributed by atoms with E-state index in [9.17, 15) is 60.6 Å². The summed E-state index contributed by atoms with van der Waals surface area (Å²) in [7, 11) is -4.34. The maximum absolute atomic E-state index is 13.9. The quantitative estimate of drug-likeness (QED) is 0.0155. The third-order valence-electron chi connectivity index (χ3n) is 13.2. The molecule has 0 unspecified atom stereocenters. The molecule has 10 N–H and O–H groups in total. The molecular weight excluding hydrogens is 1240 g/mol. The number of rotatable bonds is 31. The van der Waals surface area contributed by atoms with Gasteiger partial charge in [0.15, 0.2) is 5.78 Å². The van der Waals surface area contributed by atoms with E-state index < -0.39 is 94.4 Å². The van der Waals surface area contributed by atoms with E-state index in [0.717, 1.165) is 17.0 Å². The summed E-state index contributed by atoms with van der Waals surface area (Å²) >= 11 is 6.14. The lowest BCUT2D eigenvalue weighted by Gasteiger charge is -2.24. The predicted octanol–water partition coefficient (Wildman–Crippen LogP) is 3.46. The molecule has 6 rings (SSSR count). The largest absolute Gasteiger partial charge is 0.416 e. The number of nitrogens with two attached hydrogens (primary N) is 2. The second-order valence-electron chi connectivity index (χ2n) is 19.5. The van der Waals surface area contributed by atoms with Gasteiger partial charge in [-0.2, -0.15) is 21.6 Å². The molecule has 6 atom stereocenters. The summed E-state index contributed by atoms with van der Waals surface area (Å²) < 4.78 is 88.8. The molecular formula is C52H67Br2F3N10O14S. The zero-order chi connectivity index (χ0) is 59.2. The highest BCUT2D eigenvalue weighted by Gasteiger charge is 2.43. The van der Waals surface area contributed by atoms with E-state index in [2.05, 4.69) is 62.4 Å². The highest BCUT2D eigenvalue weighted by atomic mass is 79.9. The van der Waals surface area contributed by atoms with Crippen molar-refractivity contribution in [3.8, 4) is 11.3 Å². The van der Waals surface area contributed by atoms with Crippen LogP contribution in [0.3, 0.4) is 0 Å². The summed E-state index contributed by atoms with van der Waals surface area (Å²) in [5.41, 5.74) is 6.17. The van der Waals surface area contributed by atoms with Gasteiger partial charge in [-0.05, 0) is 86.9 Å². The first kappa shape index (κ1) is 66.8. The standard InChI is InChI=1S/C51H63Br2F3N10O14S.CH3/c1-29(2)44(62-40(68)13-17-77-19-21-79-22-20-78-18-16-65-48(72)42(52)43(53)49(65)73)38(67)25-32(6-4-14-59-50(57)74)47(71)60-35-10-8-30(9-11-35)27-64-15-12-39(61-37-24-33(45(69)46(37)70)28-80-81(58,75)76)66-41(64)26-36(63-66)31-5-3-7-34(23-31)51(54,55)56;/h3,5,7-12,15,23,26,29,32-33,37,44-46,69-70H,4,6,13-14,16-22,24-25,27-28H2,1-2H3,(H7,57,58,59,60,62,68,71,74,75,76);1H3/q;-1/p+1/t32-,33-,37-,44+,45-,46+;/m1./s1. The van der Waals surface area contributed by atoms with Crippen LogP contribution in [0.1, 0.15) is 57.1 Å².